The summed E-state index contributed by atoms with van der Waals surface area (Å²) in [5.74, 6) is 2.79. The maximum absolute atomic E-state index is 6.15. The first kappa shape index (κ1) is 14.4. The van der Waals surface area contributed by atoms with Crippen LogP contribution in [0.4, 0.5) is 5.82 Å². The third-order valence-corrected chi connectivity index (χ3v) is 4.59. The Morgan fingerprint density at radius 2 is 1.89 bits per heavy atom. The number of nitrogens with two attached hydrogens (primary N) is 1. The van der Waals surface area contributed by atoms with E-state index in [-0.39, 0.29) is 6.04 Å². The molecule has 3 atom stereocenters. The Bertz CT molecular complexity index is 428. The van der Waals surface area contributed by atoms with Crippen LogP contribution in [0, 0.1) is 18.8 Å². The number of anilines is 1. The van der Waals surface area contributed by atoms with Crippen LogP contribution in [0.2, 0.25) is 0 Å². The van der Waals surface area contributed by atoms with Gasteiger partial charge in [-0.15, -0.1) is 0 Å². The van der Waals surface area contributed by atoms with Crippen LogP contribution in [-0.2, 0) is 13.5 Å². The van der Waals surface area contributed by atoms with Crippen molar-refractivity contribution in [2.24, 2.45) is 24.6 Å². The molecule has 1 aromatic heterocycles. The molecular weight excluding hydrogens is 236 g/mol. The van der Waals surface area contributed by atoms with Crippen molar-refractivity contribution in [3.8, 4) is 0 Å². The Balaban J connectivity index is 2.29. The second-order valence-electron chi connectivity index (χ2n) is 6.24. The summed E-state index contributed by atoms with van der Waals surface area (Å²) in [7, 11) is 2.05. The van der Waals surface area contributed by atoms with Crippen LogP contribution in [0.15, 0.2) is 0 Å². The second-order valence-corrected chi connectivity index (χ2v) is 6.24. The Labute approximate surface area is 117 Å². The lowest BCUT2D eigenvalue weighted by Crippen LogP contribution is -2.26. The number of aryl methyl sites for hydroxylation is 2. The zero-order chi connectivity index (χ0) is 14.2. The zero-order valence-corrected chi connectivity index (χ0v) is 13.0. The maximum Gasteiger partial charge on any atom is 0.130 e. The van der Waals surface area contributed by atoms with E-state index >= 15 is 0 Å². The standard InChI is InChI=1S/C15H28N4/c1-6-13(16)7-14-12(4)17-18(5)15(14)19-8-10(2)11(3)9-19/h10-11,13H,6-9,16H2,1-5H3. The first-order valence-corrected chi connectivity index (χ1v) is 7.47. The van der Waals surface area contributed by atoms with Gasteiger partial charge in [-0.2, -0.15) is 5.10 Å². The molecule has 1 aliphatic heterocycles. The van der Waals surface area contributed by atoms with E-state index in [1.54, 1.807) is 0 Å². The van der Waals surface area contributed by atoms with Gasteiger partial charge in [-0.05, 0) is 31.6 Å². The fraction of sp³-hybridized carbons (Fsp3) is 0.800. The van der Waals surface area contributed by atoms with Crippen LogP contribution in [0.5, 0.6) is 0 Å². The van der Waals surface area contributed by atoms with Crippen molar-refractivity contribution < 1.29 is 0 Å². The minimum atomic E-state index is 0.235. The average molecular weight is 264 g/mol. The fourth-order valence-electron chi connectivity index (χ4n) is 3.03. The molecule has 19 heavy (non-hydrogen) atoms. The second kappa shape index (κ2) is 5.53. The van der Waals surface area contributed by atoms with Gasteiger partial charge in [0.1, 0.15) is 5.82 Å². The van der Waals surface area contributed by atoms with Crippen molar-refractivity contribution in [2.45, 2.75) is 46.6 Å². The van der Waals surface area contributed by atoms with Crippen LogP contribution in [0.1, 0.15) is 38.4 Å². The molecule has 2 heterocycles. The molecule has 0 saturated carbocycles. The quantitative estimate of drug-likeness (QED) is 0.906. The van der Waals surface area contributed by atoms with Crippen LogP contribution in [-0.4, -0.2) is 28.9 Å². The molecule has 1 saturated heterocycles. The van der Waals surface area contributed by atoms with Gasteiger partial charge in [-0.1, -0.05) is 20.8 Å². The summed E-state index contributed by atoms with van der Waals surface area (Å²) < 4.78 is 2.04. The molecule has 0 radical (unpaired) electrons. The van der Waals surface area contributed by atoms with Crippen molar-refractivity contribution in [3.63, 3.8) is 0 Å². The average Bonchev–Trinajstić information content (AvgIpc) is 2.80. The predicted octanol–water partition coefficient (Wildman–Crippen LogP) is 2.10. The normalized spacial score (nSPS) is 25.1. The molecule has 0 amide bonds. The highest BCUT2D eigenvalue weighted by atomic mass is 15.4. The van der Waals surface area contributed by atoms with Crippen LogP contribution >= 0.6 is 0 Å². The molecule has 0 aromatic carbocycles. The molecule has 1 fully saturated rings. The summed E-state index contributed by atoms with van der Waals surface area (Å²) in [4.78, 5) is 2.49. The summed E-state index contributed by atoms with van der Waals surface area (Å²) in [6.45, 7) is 11.2. The molecule has 3 unspecified atom stereocenters. The molecule has 2 rings (SSSR count). The molecular formula is C15H28N4. The van der Waals surface area contributed by atoms with Crippen LogP contribution in [0.3, 0.4) is 0 Å². The first-order valence-electron chi connectivity index (χ1n) is 7.47. The molecule has 1 aromatic rings. The van der Waals surface area contributed by atoms with E-state index in [0.717, 1.165) is 43.5 Å². The lowest BCUT2D eigenvalue weighted by atomic mass is 10.0. The smallest absolute Gasteiger partial charge is 0.130 e. The van der Waals surface area contributed by atoms with Gasteiger partial charge in [-0.3, -0.25) is 4.68 Å². The number of nitrogens with zero attached hydrogens (tertiary/aromatic N) is 3. The Morgan fingerprint density at radius 1 is 1.32 bits per heavy atom. The third kappa shape index (κ3) is 2.78. The Morgan fingerprint density at radius 3 is 2.42 bits per heavy atom. The minimum absolute atomic E-state index is 0.235. The minimum Gasteiger partial charge on any atom is -0.356 e. The van der Waals surface area contributed by atoms with E-state index in [2.05, 4.69) is 44.7 Å². The van der Waals surface area contributed by atoms with Gasteiger partial charge in [0.25, 0.3) is 0 Å². The lowest BCUT2D eigenvalue weighted by molar-refractivity contribution is 0.494. The summed E-state index contributed by atoms with van der Waals surface area (Å²) in [6.07, 6.45) is 1.95. The van der Waals surface area contributed by atoms with E-state index in [1.165, 1.54) is 11.4 Å². The number of hydrogen-bond donors (Lipinski definition) is 1. The van der Waals surface area contributed by atoms with E-state index in [0.29, 0.717) is 0 Å². The summed E-state index contributed by atoms with van der Waals surface area (Å²) in [5, 5.41) is 4.61. The van der Waals surface area contributed by atoms with E-state index in [9.17, 15) is 0 Å². The monoisotopic (exact) mass is 264 g/mol. The molecule has 1 aliphatic rings. The van der Waals surface area contributed by atoms with Gasteiger partial charge in [0.2, 0.25) is 0 Å². The highest BCUT2D eigenvalue weighted by molar-refractivity contribution is 5.51. The van der Waals surface area contributed by atoms with Gasteiger partial charge in [0.15, 0.2) is 0 Å². The first-order chi connectivity index (χ1) is 8.93. The van der Waals surface area contributed by atoms with Crippen molar-refractivity contribution >= 4 is 5.82 Å². The molecule has 2 N–H and O–H groups in total. The van der Waals surface area contributed by atoms with E-state index in [1.807, 2.05) is 4.68 Å². The molecule has 0 spiro atoms. The largest absolute Gasteiger partial charge is 0.356 e. The Hall–Kier alpha value is -1.03. The van der Waals surface area contributed by atoms with Gasteiger partial charge in [0.05, 0.1) is 5.69 Å². The maximum atomic E-state index is 6.15. The number of rotatable bonds is 4. The summed E-state index contributed by atoms with van der Waals surface area (Å²) >= 11 is 0. The van der Waals surface area contributed by atoms with Gasteiger partial charge >= 0.3 is 0 Å². The lowest BCUT2D eigenvalue weighted by Gasteiger charge is -2.21. The van der Waals surface area contributed by atoms with Crippen molar-refractivity contribution in [3.05, 3.63) is 11.3 Å². The number of hydrogen-bond acceptors (Lipinski definition) is 3. The van der Waals surface area contributed by atoms with E-state index in [4.69, 9.17) is 5.73 Å². The van der Waals surface area contributed by atoms with Crippen molar-refractivity contribution in [1.29, 1.82) is 0 Å². The molecule has 108 valence electrons. The topological polar surface area (TPSA) is 47.1 Å². The highest BCUT2D eigenvalue weighted by Crippen LogP contribution is 2.31. The number of aromatic nitrogens is 2. The molecule has 0 aliphatic carbocycles. The highest BCUT2D eigenvalue weighted by Gasteiger charge is 2.30. The van der Waals surface area contributed by atoms with Gasteiger partial charge in [-0.25, -0.2) is 0 Å². The predicted molar refractivity (Wildman–Crippen MR) is 80.5 cm³/mol. The molecule has 4 heteroatoms. The van der Waals surface area contributed by atoms with E-state index < -0.39 is 0 Å². The van der Waals surface area contributed by atoms with Gasteiger partial charge in [0, 0.05) is 31.7 Å². The van der Waals surface area contributed by atoms with Crippen LogP contribution in [0.25, 0.3) is 0 Å². The van der Waals surface area contributed by atoms with Crippen LogP contribution < -0.4 is 10.6 Å². The zero-order valence-electron chi connectivity index (χ0n) is 13.0. The van der Waals surface area contributed by atoms with Crippen molar-refractivity contribution in [1.82, 2.24) is 9.78 Å². The molecule has 0 bridgehead atoms. The summed E-state index contributed by atoms with van der Waals surface area (Å²) in [6, 6.07) is 0.235. The Kier molecular flexibility index (Phi) is 4.19. The summed E-state index contributed by atoms with van der Waals surface area (Å²) in [5.41, 5.74) is 8.63. The fourth-order valence-corrected chi connectivity index (χ4v) is 3.03. The SMILES string of the molecule is CCC(N)Cc1c(C)nn(C)c1N1CC(C)C(C)C1. The van der Waals surface area contributed by atoms with Gasteiger partial charge < -0.3 is 10.6 Å². The molecule has 4 nitrogen and oxygen atoms in total. The third-order valence-electron chi connectivity index (χ3n) is 4.59. The van der Waals surface area contributed by atoms with Crippen molar-refractivity contribution in [2.75, 3.05) is 18.0 Å².